The van der Waals surface area contributed by atoms with Crippen LogP contribution in [-0.4, -0.2) is 11.9 Å². The van der Waals surface area contributed by atoms with Gasteiger partial charge in [0.2, 0.25) is 0 Å². The van der Waals surface area contributed by atoms with Crippen LogP contribution in [0, 0.1) is 17.8 Å². The average molecular weight is 288 g/mol. The Labute approximate surface area is 128 Å². The second kappa shape index (κ2) is 5.36. The van der Waals surface area contributed by atoms with E-state index in [1.54, 1.807) is 0 Å². The number of rotatable bonds is 2. The lowest BCUT2D eigenvalue weighted by Crippen LogP contribution is -2.46. The Morgan fingerprint density at radius 2 is 1.76 bits per heavy atom. The second-order valence-electron chi connectivity index (χ2n) is 8.10. The molecule has 1 aromatic rings. The third kappa shape index (κ3) is 3.78. The molecule has 1 aliphatic rings. The molecule has 21 heavy (non-hydrogen) atoms. The number of carbonyl (C=O) groups excluding carboxylic acids is 1. The van der Waals surface area contributed by atoms with Crippen LogP contribution in [0.3, 0.4) is 0 Å². The van der Waals surface area contributed by atoms with E-state index in [4.69, 9.17) is 5.73 Å². The van der Waals surface area contributed by atoms with Crippen LogP contribution in [0.5, 0.6) is 0 Å². The highest BCUT2D eigenvalue weighted by Crippen LogP contribution is 2.45. The maximum atomic E-state index is 12.5. The first kappa shape index (κ1) is 15.9. The van der Waals surface area contributed by atoms with Crippen LogP contribution < -0.4 is 11.1 Å². The van der Waals surface area contributed by atoms with Gasteiger partial charge in [-0.25, -0.2) is 0 Å². The quantitative estimate of drug-likeness (QED) is 0.811. The van der Waals surface area contributed by atoms with Crippen molar-refractivity contribution < 1.29 is 4.79 Å². The Kier molecular flexibility index (Phi) is 4.05. The maximum Gasteiger partial charge on any atom is 0.251 e. The van der Waals surface area contributed by atoms with Crippen LogP contribution in [0.25, 0.3) is 0 Å². The van der Waals surface area contributed by atoms with Gasteiger partial charge < -0.3 is 11.1 Å². The lowest BCUT2D eigenvalue weighted by Gasteiger charge is -2.45. The van der Waals surface area contributed by atoms with Crippen molar-refractivity contribution >= 4 is 11.6 Å². The smallest absolute Gasteiger partial charge is 0.251 e. The predicted molar refractivity (Wildman–Crippen MR) is 88.3 cm³/mol. The van der Waals surface area contributed by atoms with Crippen LogP contribution in [0.15, 0.2) is 18.2 Å². The molecule has 0 aromatic heterocycles. The van der Waals surface area contributed by atoms with Crippen molar-refractivity contribution in [1.82, 2.24) is 5.32 Å². The normalized spacial score (nSPS) is 21.0. The molecule has 1 aliphatic carbocycles. The molecule has 0 saturated heterocycles. The van der Waals surface area contributed by atoms with Gasteiger partial charge in [0.15, 0.2) is 0 Å². The van der Waals surface area contributed by atoms with Gasteiger partial charge in [-0.05, 0) is 54.7 Å². The Balaban J connectivity index is 2.14. The molecule has 1 fully saturated rings. The SMILES string of the molecule is Cc1c(N)cccc1C(=O)NC1CC(C)(C)CC(C)(C)C1. The summed E-state index contributed by atoms with van der Waals surface area (Å²) in [4.78, 5) is 12.5. The summed E-state index contributed by atoms with van der Waals surface area (Å²) in [5.41, 5.74) is 8.66. The predicted octanol–water partition coefficient (Wildman–Crippen LogP) is 3.91. The third-order valence-electron chi connectivity index (χ3n) is 4.51. The standard InChI is InChI=1S/C18H28N2O/c1-12-14(7-6-8-15(12)19)16(21)20-13-9-17(2,3)11-18(4,5)10-13/h6-8,13H,9-11,19H2,1-5H3,(H,20,21). The number of anilines is 1. The Bertz CT molecular complexity index is 530. The zero-order chi connectivity index (χ0) is 15.8. The van der Waals surface area contributed by atoms with E-state index in [1.165, 1.54) is 6.42 Å². The fraction of sp³-hybridized carbons (Fsp3) is 0.611. The van der Waals surface area contributed by atoms with Gasteiger partial charge in [-0.3, -0.25) is 4.79 Å². The second-order valence-corrected chi connectivity index (χ2v) is 8.10. The van der Waals surface area contributed by atoms with E-state index in [-0.39, 0.29) is 22.8 Å². The van der Waals surface area contributed by atoms with Crippen molar-refractivity contribution in [3.05, 3.63) is 29.3 Å². The minimum atomic E-state index is -0.00157. The number of hydrogen-bond donors (Lipinski definition) is 2. The molecule has 3 N–H and O–H groups in total. The Hall–Kier alpha value is -1.51. The lowest BCUT2D eigenvalue weighted by molar-refractivity contribution is 0.0713. The molecule has 1 saturated carbocycles. The number of amides is 1. The Morgan fingerprint density at radius 1 is 1.19 bits per heavy atom. The van der Waals surface area contributed by atoms with Crippen molar-refractivity contribution in [1.29, 1.82) is 0 Å². The zero-order valence-electron chi connectivity index (χ0n) is 13.9. The number of nitrogen functional groups attached to an aromatic ring is 1. The third-order valence-corrected chi connectivity index (χ3v) is 4.51. The Morgan fingerprint density at radius 3 is 2.33 bits per heavy atom. The molecular formula is C18H28N2O. The topological polar surface area (TPSA) is 55.1 Å². The first-order valence-corrected chi connectivity index (χ1v) is 7.76. The first-order chi connectivity index (χ1) is 9.60. The number of hydrogen-bond acceptors (Lipinski definition) is 2. The monoisotopic (exact) mass is 288 g/mol. The van der Waals surface area contributed by atoms with E-state index in [9.17, 15) is 4.79 Å². The highest BCUT2D eigenvalue weighted by atomic mass is 16.1. The molecule has 0 bridgehead atoms. The van der Waals surface area contributed by atoms with E-state index >= 15 is 0 Å². The summed E-state index contributed by atoms with van der Waals surface area (Å²) < 4.78 is 0. The summed E-state index contributed by atoms with van der Waals surface area (Å²) in [5.74, 6) is -0.00157. The molecule has 1 aromatic carbocycles. The molecule has 0 atom stereocenters. The molecular weight excluding hydrogens is 260 g/mol. The van der Waals surface area contributed by atoms with Crippen molar-refractivity contribution in [3.8, 4) is 0 Å². The molecule has 2 rings (SSSR count). The van der Waals surface area contributed by atoms with E-state index in [2.05, 4.69) is 33.0 Å². The maximum absolute atomic E-state index is 12.5. The minimum absolute atomic E-state index is 0.00157. The van der Waals surface area contributed by atoms with Gasteiger partial charge >= 0.3 is 0 Å². The fourth-order valence-corrected chi connectivity index (χ4v) is 4.11. The molecule has 0 aliphatic heterocycles. The summed E-state index contributed by atoms with van der Waals surface area (Å²) in [5, 5.41) is 3.22. The summed E-state index contributed by atoms with van der Waals surface area (Å²) >= 11 is 0. The molecule has 0 spiro atoms. The molecule has 3 heteroatoms. The van der Waals surface area contributed by atoms with E-state index in [1.807, 2.05) is 25.1 Å². The van der Waals surface area contributed by atoms with Crippen molar-refractivity contribution in [3.63, 3.8) is 0 Å². The van der Waals surface area contributed by atoms with E-state index < -0.39 is 0 Å². The summed E-state index contributed by atoms with van der Waals surface area (Å²) in [6.45, 7) is 11.1. The van der Waals surface area contributed by atoms with E-state index in [0.717, 1.165) is 18.4 Å². The van der Waals surface area contributed by atoms with Gasteiger partial charge in [0, 0.05) is 17.3 Å². The number of nitrogens with one attached hydrogen (secondary N) is 1. The van der Waals surface area contributed by atoms with Crippen LogP contribution in [0.4, 0.5) is 5.69 Å². The molecule has 0 unspecified atom stereocenters. The van der Waals surface area contributed by atoms with Crippen LogP contribution in [0.2, 0.25) is 0 Å². The number of carbonyl (C=O) groups is 1. The van der Waals surface area contributed by atoms with Gasteiger partial charge in [0.25, 0.3) is 5.91 Å². The molecule has 0 radical (unpaired) electrons. The van der Waals surface area contributed by atoms with Crippen LogP contribution in [0.1, 0.15) is 62.9 Å². The van der Waals surface area contributed by atoms with Crippen LogP contribution >= 0.6 is 0 Å². The first-order valence-electron chi connectivity index (χ1n) is 7.76. The summed E-state index contributed by atoms with van der Waals surface area (Å²) in [7, 11) is 0. The highest BCUT2D eigenvalue weighted by Gasteiger charge is 2.39. The van der Waals surface area contributed by atoms with Gasteiger partial charge in [-0.2, -0.15) is 0 Å². The van der Waals surface area contributed by atoms with Crippen molar-refractivity contribution in [2.45, 2.75) is 59.9 Å². The zero-order valence-corrected chi connectivity index (χ0v) is 13.9. The summed E-state index contributed by atoms with van der Waals surface area (Å²) in [6.07, 6.45) is 3.26. The average Bonchev–Trinajstić information content (AvgIpc) is 2.28. The minimum Gasteiger partial charge on any atom is -0.398 e. The van der Waals surface area contributed by atoms with Gasteiger partial charge in [0.05, 0.1) is 0 Å². The van der Waals surface area contributed by atoms with Crippen molar-refractivity contribution in [2.75, 3.05) is 5.73 Å². The number of benzene rings is 1. The molecule has 116 valence electrons. The fourth-order valence-electron chi connectivity index (χ4n) is 4.11. The molecule has 1 amide bonds. The van der Waals surface area contributed by atoms with Crippen molar-refractivity contribution in [2.24, 2.45) is 10.8 Å². The van der Waals surface area contributed by atoms with Gasteiger partial charge in [-0.15, -0.1) is 0 Å². The largest absolute Gasteiger partial charge is 0.398 e. The van der Waals surface area contributed by atoms with Gasteiger partial charge in [0.1, 0.15) is 0 Å². The number of nitrogens with two attached hydrogens (primary N) is 1. The lowest BCUT2D eigenvalue weighted by atomic mass is 9.63. The molecule has 0 heterocycles. The molecule has 3 nitrogen and oxygen atoms in total. The van der Waals surface area contributed by atoms with Crippen LogP contribution in [-0.2, 0) is 0 Å². The summed E-state index contributed by atoms with van der Waals surface area (Å²) in [6, 6.07) is 5.75. The highest BCUT2D eigenvalue weighted by molar-refractivity contribution is 5.97. The van der Waals surface area contributed by atoms with E-state index in [0.29, 0.717) is 11.3 Å². The van der Waals surface area contributed by atoms with Gasteiger partial charge in [-0.1, -0.05) is 33.8 Å².